The van der Waals surface area contributed by atoms with E-state index in [1.54, 1.807) is 6.92 Å². The summed E-state index contributed by atoms with van der Waals surface area (Å²) in [6.45, 7) is 0.816. The van der Waals surface area contributed by atoms with E-state index in [1.807, 2.05) is 0 Å². The molecule has 0 heterocycles. The Morgan fingerprint density at radius 1 is 0.806 bits per heavy atom. The van der Waals surface area contributed by atoms with Crippen LogP contribution in [-0.2, 0) is 31.9 Å². The molecule has 4 N–H and O–H groups in total. The summed E-state index contributed by atoms with van der Waals surface area (Å²) >= 11 is 0. The van der Waals surface area contributed by atoms with Crippen LogP contribution in [0.25, 0.3) is 0 Å². The van der Waals surface area contributed by atoms with Gasteiger partial charge in [0.2, 0.25) is 0 Å². The number of rotatable bonds is 11. The minimum atomic E-state index is -4.38. The van der Waals surface area contributed by atoms with Gasteiger partial charge in [-0.25, -0.2) is 0 Å². The normalized spacial score (nSPS) is 14.6. The molecule has 36 heavy (non-hydrogen) atoms. The highest BCUT2D eigenvalue weighted by atomic mass is 32.2. The van der Waals surface area contributed by atoms with Gasteiger partial charge in [-0.2, -0.15) is 8.42 Å². The van der Waals surface area contributed by atoms with Crippen molar-refractivity contribution in [2.45, 2.75) is 49.1 Å². The van der Waals surface area contributed by atoms with Crippen LogP contribution in [0.1, 0.15) is 16.7 Å². The van der Waals surface area contributed by atoms with E-state index < -0.39 is 41.1 Å². The highest BCUT2D eigenvalue weighted by Crippen LogP contribution is 2.19. The molecule has 194 valence electrons. The lowest BCUT2D eigenvalue weighted by Gasteiger charge is -2.27. The van der Waals surface area contributed by atoms with Crippen LogP contribution < -0.4 is 0 Å². The highest BCUT2D eigenvalue weighted by molar-refractivity contribution is 7.86. The predicted octanol–water partition coefficient (Wildman–Crippen LogP) is 1.81. The van der Waals surface area contributed by atoms with Gasteiger partial charge in [0, 0.05) is 0 Å². The van der Waals surface area contributed by atoms with Gasteiger partial charge in [0.15, 0.2) is 6.29 Å². The molecule has 0 aliphatic carbocycles. The van der Waals surface area contributed by atoms with Crippen molar-refractivity contribution in [1.82, 2.24) is 0 Å². The Kier molecular flexibility index (Phi) is 11.9. The molecule has 0 unspecified atom stereocenters. The summed E-state index contributed by atoms with van der Waals surface area (Å²) in [4.78, 5) is 10.2. The Hall–Kier alpha value is -2.92. The summed E-state index contributed by atoms with van der Waals surface area (Å²) in [6.07, 6.45) is -5.50. The molecule has 0 saturated carbocycles. The second kappa shape index (κ2) is 14.6. The second-order valence-corrected chi connectivity index (χ2v) is 9.74. The zero-order valence-electron chi connectivity index (χ0n) is 19.9. The first-order valence-electron chi connectivity index (χ1n) is 11.4. The Morgan fingerprint density at radius 2 is 1.28 bits per heavy atom. The van der Waals surface area contributed by atoms with E-state index in [9.17, 15) is 28.5 Å². The molecule has 0 spiro atoms. The fourth-order valence-corrected chi connectivity index (χ4v) is 4.33. The molecule has 0 aromatic heterocycles. The molecule has 3 aromatic rings. The first-order valence-corrected chi connectivity index (χ1v) is 12.8. The van der Waals surface area contributed by atoms with Crippen molar-refractivity contribution in [2.75, 3.05) is 6.61 Å². The zero-order chi connectivity index (χ0) is 26.6. The molecule has 0 fully saturated rings. The Balaban J connectivity index is 0.000000278. The van der Waals surface area contributed by atoms with Crippen LogP contribution in [0.2, 0.25) is 0 Å². The van der Waals surface area contributed by atoms with Gasteiger partial charge in [0.05, 0.1) is 11.5 Å². The molecule has 0 bridgehead atoms. The number of aliphatic hydroxyl groups excluding tert-OH is 4. The van der Waals surface area contributed by atoms with Crippen LogP contribution in [0, 0.1) is 6.92 Å². The lowest BCUT2D eigenvalue weighted by Crippen LogP contribution is -2.48. The SMILES string of the molecule is Cc1ccc(S(=O)(=O)O[C@@H]([C@H](O)[C@@H](O)C=O)[C@H](O)CO)cc1.c1ccc(CCc2ccccc2)cc1. The van der Waals surface area contributed by atoms with Gasteiger partial charge < -0.3 is 25.2 Å². The monoisotopic (exact) mass is 516 g/mol. The average Bonchev–Trinajstić information content (AvgIpc) is 2.91. The predicted molar refractivity (Wildman–Crippen MR) is 135 cm³/mol. The quantitative estimate of drug-likeness (QED) is 0.223. The summed E-state index contributed by atoms with van der Waals surface area (Å²) in [5.74, 6) is 0. The number of aliphatic hydroxyl groups is 4. The van der Waals surface area contributed by atoms with Crippen LogP contribution in [0.5, 0.6) is 0 Å². The fraction of sp³-hybridized carbons (Fsp3) is 0.296. The average molecular weight is 517 g/mol. The molecule has 8 nitrogen and oxygen atoms in total. The number of carbonyl (C=O) groups excluding carboxylic acids is 1. The molecular formula is C27H32O8S. The second-order valence-electron chi connectivity index (χ2n) is 8.17. The molecule has 9 heteroatoms. The first-order chi connectivity index (χ1) is 17.2. The smallest absolute Gasteiger partial charge is 0.297 e. The van der Waals surface area contributed by atoms with Crippen LogP contribution in [0.4, 0.5) is 0 Å². The van der Waals surface area contributed by atoms with Gasteiger partial charge in [-0.3, -0.25) is 4.18 Å². The number of hydrogen-bond donors (Lipinski definition) is 4. The third-order valence-electron chi connectivity index (χ3n) is 5.33. The maximum absolute atomic E-state index is 12.1. The van der Waals surface area contributed by atoms with Crippen molar-refractivity contribution < 1.29 is 37.8 Å². The maximum Gasteiger partial charge on any atom is 0.297 e. The number of carbonyl (C=O) groups is 1. The van der Waals surface area contributed by atoms with Gasteiger partial charge in [-0.05, 0) is 43.0 Å². The number of hydrogen-bond acceptors (Lipinski definition) is 8. The zero-order valence-corrected chi connectivity index (χ0v) is 20.7. The molecular weight excluding hydrogens is 484 g/mol. The Morgan fingerprint density at radius 3 is 1.69 bits per heavy atom. The lowest BCUT2D eigenvalue weighted by molar-refractivity contribution is -0.132. The van der Waals surface area contributed by atoms with Crippen molar-refractivity contribution >= 4 is 16.4 Å². The van der Waals surface area contributed by atoms with Crippen molar-refractivity contribution in [3.05, 3.63) is 102 Å². The summed E-state index contributed by atoms with van der Waals surface area (Å²) in [7, 11) is -4.38. The highest BCUT2D eigenvalue weighted by Gasteiger charge is 2.37. The topological polar surface area (TPSA) is 141 Å². The van der Waals surface area contributed by atoms with E-state index >= 15 is 0 Å². The third-order valence-corrected chi connectivity index (χ3v) is 6.65. The molecule has 0 aliphatic rings. The molecule has 4 atom stereocenters. The van der Waals surface area contributed by atoms with E-state index in [0.717, 1.165) is 18.4 Å². The maximum atomic E-state index is 12.1. The molecule has 3 rings (SSSR count). The third kappa shape index (κ3) is 9.27. The summed E-state index contributed by atoms with van der Waals surface area (Å²) < 4.78 is 28.9. The van der Waals surface area contributed by atoms with Crippen molar-refractivity contribution in [1.29, 1.82) is 0 Å². The van der Waals surface area contributed by atoms with Crippen molar-refractivity contribution in [3.8, 4) is 0 Å². The van der Waals surface area contributed by atoms with Gasteiger partial charge in [-0.15, -0.1) is 0 Å². The van der Waals surface area contributed by atoms with Crippen LogP contribution in [0.15, 0.2) is 89.8 Å². The Labute approximate surface area is 211 Å². The van der Waals surface area contributed by atoms with Gasteiger partial charge in [-0.1, -0.05) is 78.4 Å². The van der Waals surface area contributed by atoms with Crippen molar-refractivity contribution in [3.63, 3.8) is 0 Å². The van der Waals surface area contributed by atoms with E-state index in [0.29, 0.717) is 0 Å². The van der Waals surface area contributed by atoms with Crippen LogP contribution in [0.3, 0.4) is 0 Å². The Bertz CT molecular complexity index is 1100. The largest absolute Gasteiger partial charge is 0.394 e. The van der Waals surface area contributed by atoms with E-state index in [1.165, 1.54) is 35.4 Å². The van der Waals surface area contributed by atoms with E-state index in [4.69, 9.17) is 9.29 Å². The first kappa shape index (κ1) is 29.3. The molecule has 0 saturated heterocycles. The van der Waals surface area contributed by atoms with Gasteiger partial charge in [0.25, 0.3) is 10.1 Å². The van der Waals surface area contributed by atoms with Crippen LogP contribution in [-0.4, -0.2) is 66.2 Å². The standard InChI is InChI=1S/C14H14.C13H18O8S/c1-3-7-13(8-4-1)11-12-14-9-5-2-6-10-14;1-8-2-4-9(5-3-8)22(19,20)21-13(11(17)7-15)12(18)10(16)6-14/h1-10H,11-12H2;2-6,10-13,15-18H,7H2,1H3/t;10-,11+,12+,13+/m.0/s1. The molecule has 0 amide bonds. The van der Waals surface area contributed by atoms with Gasteiger partial charge in [0.1, 0.15) is 24.4 Å². The number of benzene rings is 3. The van der Waals surface area contributed by atoms with E-state index in [2.05, 4.69) is 60.7 Å². The van der Waals surface area contributed by atoms with E-state index in [-0.39, 0.29) is 11.2 Å². The minimum absolute atomic E-state index is 0.0381. The number of aryl methyl sites for hydroxylation is 3. The summed E-state index contributed by atoms with van der Waals surface area (Å²) in [5.41, 5.74) is 3.63. The van der Waals surface area contributed by atoms with Gasteiger partial charge >= 0.3 is 0 Å². The summed E-state index contributed by atoms with van der Waals surface area (Å²) in [5, 5.41) is 37.4. The van der Waals surface area contributed by atoms with Crippen LogP contribution >= 0.6 is 0 Å². The molecule has 0 aliphatic heterocycles. The lowest BCUT2D eigenvalue weighted by atomic mass is 10.0. The summed E-state index contributed by atoms with van der Waals surface area (Å²) in [6, 6.07) is 26.8. The fourth-order valence-electron chi connectivity index (χ4n) is 3.21. The molecule has 0 radical (unpaired) electrons. The molecule has 3 aromatic carbocycles. The minimum Gasteiger partial charge on any atom is -0.394 e. The number of aldehydes is 1. The van der Waals surface area contributed by atoms with Crippen molar-refractivity contribution in [2.24, 2.45) is 0 Å².